The Hall–Kier alpha value is -3.01. The molecule has 2 aromatic carbocycles. The first-order valence-electron chi connectivity index (χ1n) is 8.26. The van der Waals surface area contributed by atoms with E-state index in [1.54, 1.807) is 13.1 Å². The van der Waals surface area contributed by atoms with Crippen LogP contribution in [0.5, 0.6) is 0 Å². The Labute approximate surface area is 147 Å². The third kappa shape index (κ3) is 3.74. The molecule has 1 heterocycles. The largest absolute Gasteiger partial charge is 0.462 e. The zero-order valence-electron chi connectivity index (χ0n) is 14.6. The van der Waals surface area contributed by atoms with Gasteiger partial charge in [0.25, 0.3) is 0 Å². The Balaban J connectivity index is 2.19. The highest BCUT2D eigenvalue weighted by atomic mass is 16.5. The molecule has 1 aromatic heterocycles. The lowest BCUT2D eigenvalue weighted by Crippen LogP contribution is -2.09. The molecule has 4 nitrogen and oxygen atoms in total. The fourth-order valence-electron chi connectivity index (χ4n) is 2.80. The summed E-state index contributed by atoms with van der Waals surface area (Å²) in [4.78, 5) is 21.4. The SMILES string of the molecule is CCOC(=O)c1cnc(-c2ccccc2)nc1-c1cc(C)cc(C)c1. The maximum atomic E-state index is 12.4. The van der Waals surface area contributed by atoms with Crippen LogP contribution in [0, 0.1) is 13.8 Å². The molecule has 0 amide bonds. The van der Waals surface area contributed by atoms with Crippen LogP contribution in [-0.4, -0.2) is 22.5 Å². The number of aromatic nitrogens is 2. The first kappa shape index (κ1) is 16.8. The predicted molar refractivity (Wildman–Crippen MR) is 98.3 cm³/mol. The smallest absolute Gasteiger partial charge is 0.341 e. The molecule has 0 fully saturated rings. The molecule has 0 spiro atoms. The molecule has 0 unspecified atom stereocenters. The maximum Gasteiger partial charge on any atom is 0.341 e. The molecule has 0 N–H and O–H groups in total. The molecule has 0 aliphatic rings. The summed E-state index contributed by atoms with van der Waals surface area (Å²) in [6.45, 7) is 6.15. The molecule has 3 rings (SSSR count). The quantitative estimate of drug-likeness (QED) is 0.655. The zero-order chi connectivity index (χ0) is 17.8. The minimum atomic E-state index is -0.406. The number of nitrogens with zero attached hydrogens (tertiary/aromatic N) is 2. The minimum Gasteiger partial charge on any atom is -0.462 e. The van der Waals surface area contributed by atoms with Crippen LogP contribution >= 0.6 is 0 Å². The molecule has 0 radical (unpaired) electrons. The second-order valence-electron chi connectivity index (χ2n) is 5.92. The minimum absolute atomic E-state index is 0.311. The highest BCUT2D eigenvalue weighted by Crippen LogP contribution is 2.27. The van der Waals surface area contributed by atoms with Gasteiger partial charge >= 0.3 is 5.97 Å². The molecule has 4 heteroatoms. The van der Waals surface area contributed by atoms with Gasteiger partial charge in [0.1, 0.15) is 5.56 Å². The molecule has 0 atom stereocenters. The van der Waals surface area contributed by atoms with Gasteiger partial charge in [0.05, 0.1) is 12.3 Å². The summed E-state index contributed by atoms with van der Waals surface area (Å²) in [6, 6.07) is 15.9. The predicted octanol–water partition coefficient (Wildman–Crippen LogP) is 4.60. The van der Waals surface area contributed by atoms with Crippen molar-refractivity contribution in [1.29, 1.82) is 0 Å². The average molecular weight is 332 g/mol. The Morgan fingerprint density at radius 3 is 2.32 bits per heavy atom. The standard InChI is InChI=1S/C21H20N2O2/c1-4-25-21(24)18-13-22-20(16-8-6-5-7-9-16)23-19(18)17-11-14(2)10-15(3)12-17/h5-13H,4H2,1-3H3. The van der Waals surface area contributed by atoms with Crippen LogP contribution < -0.4 is 0 Å². The summed E-state index contributed by atoms with van der Waals surface area (Å²) in [5.41, 5.74) is 5.00. The van der Waals surface area contributed by atoms with Gasteiger partial charge in [-0.1, -0.05) is 47.5 Å². The lowest BCUT2D eigenvalue weighted by Gasteiger charge is -2.11. The van der Waals surface area contributed by atoms with Gasteiger partial charge in [-0.3, -0.25) is 0 Å². The van der Waals surface area contributed by atoms with E-state index >= 15 is 0 Å². The Bertz CT molecular complexity index is 885. The van der Waals surface area contributed by atoms with E-state index in [2.05, 4.69) is 16.0 Å². The average Bonchev–Trinajstić information content (AvgIpc) is 2.61. The van der Waals surface area contributed by atoms with Gasteiger partial charge < -0.3 is 4.74 Å². The van der Waals surface area contributed by atoms with Crippen LogP contribution in [0.25, 0.3) is 22.6 Å². The summed E-state index contributed by atoms with van der Waals surface area (Å²) in [5.74, 6) is 0.180. The Morgan fingerprint density at radius 2 is 1.68 bits per heavy atom. The Kier molecular flexibility index (Phi) is 4.89. The van der Waals surface area contributed by atoms with E-state index in [4.69, 9.17) is 4.74 Å². The van der Waals surface area contributed by atoms with Crippen molar-refractivity contribution < 1.29 is 9.53 Å². The first-order chi connectivity index (χ1) is 12.1. The zero-order valence-corrected chi connectivity index (χ0v) is 14.6. The van der Waals surface area contributed by atoms with E-state index in [9.17, 15) is 4.79 Å². The highest BCUT2D eigenvalue weighted by Gasteiger charge is 2.18. The van der Waals surface area contributed by atoms with Gasteiger partial charge in [-0.15, -0.1) is 0 Å². The molecule has 126 valence electrons. The second-order valence-corrected chi connectivity index (χ2v) is 5.92. The normalized spacial score (nSPS) is 10.5. The number of carbonyl (C=O) groups excluding carboxylic acids is 1. The van der Waals surface area contributed by atoms with Crippen LogP contribution in [0.1, 0.15) is 28.4 Å². The van der Waals surface area contributed by atoms with Crippen LogP contribution in [-0.2, 0) is 4.74 Å². The Morgan fingerprint density at radius 1 is 1.00 bits per heavy atom. The number of benzene rings is 2. The van der Waals surface area contributed by atoms with Crippen molar-refractivity contribution in [3.05, 3.63) is 71.4 Å². The number of rotatable bonds is 4. The van der Waals surface area contributed by atoms with Gasteiger partial charge in [-0.2, -0.15) is 0 Å². The van der Waals surface area contributed by atoms with E-state index in [0.29, 0.717) is 23.7 Å². The summed E-state index contributed by atoms with van der Waals surface area (Å²) < 4.78 is 5.18. The number of hydrogen-bond donors (Lipinski definition) is 0. The van der Waals surface area contributed by atoms with Crippen LogP contribution in [0.4, 0.5) is 0 Å². The van der Waals surface area contributed by atoms with Crippen molar-refractivity contribution in [3.63, 3.8) is 0 Å². The number of esters is 1. The van der Waals surface area contributed by atoms with Gasteiger partial charge in [0.15, 0.2) is 5.82 Å². The van der Waals surface area contributed by atoms with Gasteiger partial charge in [-0.05, 0) is 32.9 Å². The molecule has 0 saturated heterocycles. The summed E-state index contributed by atoms with van der Waals surface area (Å²) in [7, 11) is 0. The monoisotopic (exact) mass is 332 g/mol. The van der Waals surface area contributed by atoms with E-state index in [1.807, 2.05) is 56.3 Å². The molecule has 0 saturated carbocycles. The van der Waals surface area contributed by atoms with Gasteiger partial charge in [-0.25, -0.2) is 14.8 Å². The van der Waals surface area contributed by atoms with Crippen LogP contribution in [0.15, 0.2) is 54.7 Å². The fraction of sp³-hybridized carbons (Fsp3) is 0.190. The number of aryl methyl sites for hydroxylation is 2. The lowest BCUT2D eigenvalue weighted by molar-refractivity contribution is 0.0526. The van der Waals surface area contributed by atoms with Crippen molar-refractivity contribution in [3.8, 4) is 22.6 Å². The molecule has 0 bridgehead atoms. The van der Waals surface area contributed by atoms with Crippen molar-refractivity contribution in [1.82, 2.24) is 9.97 Å². The molecular formula is C21H20N2O2. The number of carbonyl (C=O) groups is 1. The molecule has 0 aliphatic carbocycles. The molecule has 0 aliphatic heterocycles. The van der Waals surface area contributed by atoms with Crippen molar-refractivity contribution in [2.75, 3.05) is 6.61 Å². The summed E-state index contributed by atoms with van der Waals surface area (Å²) >= 11 is 0. The summed E-state index contributed by atoms with van der Waals surface area (Å²) in [5, 5.41) is 0. The number of hydrogen-bond acceptors (Lipinski definition) is 4. The van der Waals surface area contributed by atoms with E-state index in [0.717, 1.165) is 22.3 Å². The van der Waals surface area contributed by atoms with Crippen LogP contribution in [0.2, 0.25) is 0 Å². The van der Waals surface area contributed by atoms with Gasteiger partial charge in [0, 0.05) is 17.3 Å². The van der Waals surface area contributed by atoms with Crippen molar-refractivity contribution >= 4 is 5.97 Å². The van der Waals surface area contributed by atoms with Crippen molar-refractivity contribution in [2.24, 2.45) is 0 Å². The van der Waals surface area contributed by atoms with Crippen molar-refractivity contribution in [2.45, 2.75) is 20.8 Å². The van der Waals surface area contributed by atoms with E-state index < -0.39 is 5.97 Å². The van der Waals surface area contributed by atoms with Gasteiger partial charge in [0.2, 0.25) is 0 Å². The lowest BCUT2D eigenvalue weighted by atomic mass is 10.0. The third-order valence-corrected chi connectivity index (χ3v) is 3.81. The third-order valence-electron chi connectivity index (χ3n) is 3.81. The second kappa shape index (κ2) is 7.26. The molecule has 25 heavy (non-hydrogen) atoms. The fourth-order valence-corrected chi connectivity index (χ4v) is 2.80. The van der Waals surface area contributed by atoms with Crippen LogP contribution in [0.3, 0.4) is 0 Å². The number of ether oxygens (including phenoxy) is 1. The summed E-state index contributed by atoms with van der Waals surface area (Å²) in [6.07, 6.45) is 1.56. The molecule has 3 aromatic rings. The highest BCUT2D eigenvalue weighted by molar-refractivity contribution is 5.96. The van der Waals surface area contributed by atoms with E-state index in [-0.39, 0.29) is 0 Å². The topological polar surface area (TPSA) is 52.1 Å². The van der Waals surface area contributed by atoms with E-state index in [1.165, 1.54) is 0 Å². The maximum absolute atomic E-state index is 12.4. The first-order valence-corrected chi connectivity index (χ1v) is 8.26. The molecular weight excluding hydrogens is 312 g/mol.